The third kappa shape index (κ3) is 2.79. The van der Waals surface area contributed by atoms with Crippen LogP contribution in [-0.4, -0.2) is 24.3 Å². The lowest BCUT2D eigenvalue weighted by atomic mass is 9.99. The van der Waals surface area contributed by atoms with E-state index in [2.05, 4.69) is 16.3 Å². The zero-order chi connectivity index (χ0) is 15.6. The van der Waals surface area contributed by atoms with Gasteiger partial charge in [0.2, 0.25) is 0 Å². The number of hydrogen-bond donors (Lipinski definition) is 1. The molecule has 5 nitrogen and oxygen atoms in total. The van der Waals surface area contributed by atoms with Crippen LogP contribution in [-0.2, 0) is 6.42 Å². The van der Waals surface area contributed by atoms with E-state index < -0.39 is 0 Å². The summed E-state index contributed by atoms with van der Waals surface area (Å²) in [6, 6.07) is 7.87. The quantitative estimate of drug-likeness (QED) is 0.933. The van der Waals surface area contributed by atoms with Crippen LogP contribution in [0.3, 0.4) is 0 Å². The summed E-state index contributed by atoms with van der Waals surface area (Å²) in [5.41, 5.74) is 4.79. The highest BCUT2D eigenvalue weighted by molar-refractivity contribution is 5.64. The Balaban J connectivity index is 2.53. The molecule has 0 bridgehead atoms. The van der Waals surface area contributed by atoms with Gasteiger partial charge in [0.1, 0.15) is 6.07 Å². The second-order valence-electron chi connectivity index (χ2n) is 5.25. The van der Waals surface area contributed by atoms with Crippen molar-refractivity contribution < 1.29 is 0 Å². The normalized spacial score (nSPS) is 10.2. The van der Waals surface area contributed by atoms with E-state index in [1.54, 1.807) is 13.0 Å². The fourth-order valence-corrected chi connectivity index (χ4v) is 2.38. The van der Waals surface area contributed by atoms with Gasteiger partial charge in [-0.15, -0.1) is 0 Å². The van der Waals surface area contributed by atoms with Gasteiger partial charge in [0.05, 0.1) is 16.9 Å². The van der Waals surface area contributed by atoms with Crippen LogP contribution in [0, 0.1) is 25.2 Å². The van der Waals surface area contributed by atoms with Crippen molar-refractivity contribution >= 4 is 5.69 Å². The monoisotopic (exact) mass is 282 g/mol. The molecule has 21 heavy (non-hydrogen) atoms. The molecule has 0 saturated heterocycles. The Morgan fingerprint density at radius 2 is 2.00 bits per heavy atom. The minimum atomic E-state index is -0.158. The molecule has 1 aromatic carbocycles. The summed E-state index contributed by atoms with van der Waals surface area (Å²) in [7, 11) is 3.83. The lowest BCUT2D eigenvalue weighted by Gasteiger charge is -2.19. The van der Waals surface area contributed by atoms with E-state index in [9.17, 15) is 10.1 Å². The SMILES string of the molecule is Cc1c(Cc2cccc(C#N)c2N(C)C)n[nH]c(=O)c1C. The van der Waals surface area contributed by atoms with Crippen LogP contribution in [0.25, 0.3) is 0 Å². The predicted molar refractivity (Wildman–Crippen MR) is 82.6 cm³/mol. The highest BCUT2D eigenvalue weighted by Gasteiger charge is 2.14. The first-order chi connectivity index (χ1) is 9.95. The Bertz CT molecular complexity index is 769. The topological polar surface area (TPSA) is 72.8 Å². The van der Waals surface area contributed by atoms with Crippen LogP contribution >= 0.6 is 0 Å². The summed E-state index contributed by atoms with van der Waals surface area (Å²) in [5, 5.41) is 15.9. The van der Waals surface area contributed by atoms with Crippen LogP contribution in [0.4, 0.5) is 5.69 Å². The summed E-state index contributed by atoms with van der Waals surface area (Å²) >= 11 is 0. The zero-order valence-electron chi connectivity index (χ0n) is 12.7. The molecule has 2 aromatic rings. The van der Waals surface area contributed by atoms with E-state index in [-0.39, 0.29) is 5.56 Å². The van der Waals surface area contributed by atoms with Crippen molar-refractivity contribution in [1.29, 1.82) is 5.26 Å². The number of nitrogens with zero attached hydrogens (tertiary/aromatic N) is 3. The average Bonchev–Trinajstić information content (AvgIpc) is 2.47. The van der Waals surface area contributed by atoms with Gasteiger partial charge >= 0.3 is 0 Å². The lowest BCUT2D eigenvalue weighted by molar-refractivity contribution is 0.875. The Hall–Kier alpha value is -2.61. The van der Waals surface area contributed by atoms with Crippen molar-refractivity contribution in [3.05, 3.63) is 56.5 Å². The number of H-pyrrole nitrogens is 1. The summed E-state index contributed by atoms with van der Waals surface area (Å²) in [4.78, 5) is 13.5. The molecule has 1 aromatic heterocycles. The van der Waals surface area contributed by atoms with Gasteiger partial charge in [0, 0.05) is 26.1 Å². The lowest BCUT2D eigenvalue weighted by Crippen LogP contribution is -2.17. The number of nitrogens with one attached hydrogen (secondary N) is 1. The summed E-state index contributed by atoms with van der Waals surface area (Å²) in [5.74, 6) is 0. The molecular weight excluding hydrogens is 264 g/mol. The van der Waals surface area contributed by atoms with Crippen molar-refractivity contribution in [2.24, 2.45) is 0 Å². The van der Waals surface area contributed by atoms with Gasteiger partial charge < -0.3 is 4.90 Å². The largest absolute Gasteiger partial charge is 0.376 e. The fraction of sp³-hybridized carbons (Fsp3) is 0.312. The summed E-state index contributed by atoms with van der Waals surface area (Å²) in [6.45, 7) is 3.69. The Morgan fingerprint density at radius 3 is 2.62 bits per heavy atom. The minimum absolute atomic E-state index is 0.158. The van der Waals surface area contributed by atoms with E-state index in [0.29, 0.717) is 17.5 Å². The van der Waals surface area contributed by atoms with E-state index >= 15 is 0 Å². The third-order valence-corrected chi connectivity index (χ3v) is 3.67. The van der Waals surface area contributed by atoms with Crippen LogP contribution < -0.4 is 10.5 Å². The highest BCUT2D eigenvalue weighted by Crippen LogP contribution is 2.26. The smallest absolute Gasteiger partial charge is 0.267 e. The number of benzene rings is 1. The molecule has 108 valence electrons. The van der Waals surface area contributed by atoms with Crippen molar-refractivity contribution in [3.8, 4) is 6.07 Å². The maximum atomic E-state index is 11.6. The number of hydrogen-bond acceptors (Lipinski definition) is 4. The van der Waals surface area contributed by atoms with Gasteiger partial charge in [-0.05, 0) is 31.0 Å². The number of para-hydroxylation sites is 1. The molecule has 0 aliphatic heterocycles. The van der Waals surface area contributed by atoms with Crippen molar-refractivity contribution in [3.63, 3.8) is 0 Å². The Labute approximate surface area is 123 Å². The molecule has 0 saturated carbocycles. The van der Waals surface area contributed by atoms with Gasteiger partial charge in [-0.3, -0.25) is 4.79 Å². The molecule has 0 atom stereocenters. The van der Waals surface area contributed by atoms with Crippen molar-refractivity contribution in [2.45, 2.75) is 20.3 Å². The Morgan fingerprint density at radius 1 is 1.29 bits per heavy atom. The molecule has 1 N–H and O–H groups in total. The molecule has 0 aliphatic rings. The summed E-state index contributed by atoms with van der Waals surface area (Å²) < 4.78 is 0. The number of nitriles is 1. The van der Waals surface area contributed by atoms with Gasteiger partial charge in [0.15, 0.2) is 0 Å². The molecule has 5 heteroatoms. The van der Waals surface area contributed by atoms with Crippen LogP contribution in [0.5, 0.6) is 0 Å². The van der Waals surface area contributed by atoms with Crippen LogP contribution in [0.2, 0.25) is 0 Å². The molecule has 0 radical (unpaired) electrons. The van der Waals surface area contributed by atoms with Crippen molar-refractivity contribution in [1.82, 2.24) is 10.2 Å². The molecule has 0 fully saturated rings. The van der Waals surface area contributed by atoms with Gasteiger partial charge in [0.25, 0.3) is 5.56 Å². The molecule has 0 spiro atoms. The van der Waals surface area contributed by atoms with E-state index in [0.717, 1.165) is 22.5 Å². The third-order valence-electron chi connectivity index (χ3n) is 3.67. The summed E-state index contributed by atoms with van der Waals surface area (Å²) in [6.07, 6.45) is 0.576. The number of aromatic nitrogens is 2. The predicted octanol–water partition coefficient (Wildman–Crippen LogP) is 1.92. The van der Waals surface area contributed by atoms with E-state index in [1.165, 1.54) is 0 Å². The standard InChI is InChI=1S/C16H18N4O/c1-10-11(2)16(21)19-18-14(10)8-12-6-5-7-13(9-17)15(12)20(3)4/h5-7H,8H2,1-4H3,(H,19,21). The minimum Gasteiger partial charge on any atom is -0.376 e. The molecule has 2 rings (SSSR count). The first kappa shape index (κ1) is 14.8. The number of anilines is 1. The molecule has 0 aliphatic carbocycles. The highest BCUT2D eigenvalue weighted by atomic mass is 16.1. The van der Waals surface area contributed by atoms with E-state index in [4.69, 9.17) is 0 Å². The van der Waals surface area contributed by atoms with Gasteiger partial charge in [-0.25, -0.2) is 5.10 Å². The molecule has 0 amide bonds. The number of aromatic amines is 1. The molecule has 0 unspecified atom stereocenters. The number of rotatable bonds is 3. The second kappa shape index (κ2) is 5.80. The van der Waals surface area contributed by atoms with Crippen LogP contribution in [0.15, 0.2) is 23.0 Å². The van der Waals surface area contributed by atoms with Gasteiger partial charge in [-0.2, -0.15) is 10.4 Å². The first-order valence-corrected chi connectivity index (χ1v) is 6.69. The van der Waals surface area contributed by atoms with Gasteiger partial charge in [-0.1, -0.05) is 12.1 Å². The maximum absolute atomic E-state index is 11.6. The fourth-order valence-electron chi connectivity index (χ4n) is 2.38. The average molecular weight is 282 g/mol. The molecule has 1 heterocycles. The van der Waals surface area contributed by atoms with Crippen molar-refractivity contribution in [2.75, 3.05) is 19.0 Å². The first-order valence-electron chi connectivity index (χ1n) is 6.69. The maximum Gasteiger partial charge on any atom is 0.267 e. The van der Waals surface area contributed by atoms with E-state index in [1.807, 2.05) is 38.1 Å². The van der Waals surface area contributed by atoms with Crippen LogP contribution in [0.1, 0.15) is 27.9 Å². The second-order valence-corrected chi connectivity index (χ2v) is 5.25. The zero-order valence-corrected chi connectivity index (χ0v) is 12.7. The molecular formula is C16H18N4O. The Kier molecular flexibility index (Phi) is 4.08.